The van der Waals surface area contributed by atoms with Crippen molar-refractivity contribution in [2.45, 2.75) is 26.3 Å². The molecule has 0 saturated heterocycles. The fourth-order valence-electron chi connectivity index (χ4n) is 1.35. The highest BCUT2D eigenvalue weighted by molar-refractivity contribution is 7.80. The third-order valence-corrected chi connectivity index (χ3v) is 2.70. The molecule has 114 valence electrons. The predicted octanol–water partition coefficient (Wildman–Crippen LogP) is 2.16. The van der Waals surface area contributed by atoms with Crippen molar-refractivity contribution in [3.05, 3.63) is 38.9 Å². The Hall–Kier alpha value is -1.93. The summed E-state index contributed by atoms with van der Waals surface area (Å²) in [6.07, 6.45) is 0. The predicted molar refractivity (Wildman–Crippen MR) is 84.2 cm³/mol. The van der Waals surface area contributed by atoms with Crippen LogP contribution in [0.5, 0.6) is 0 Å². The van der Waals surface area contributed by atoms with Gasteiger partial charge in [-0.15, -0.1) is 0 Å². The van der Waals surface area contributed by atoms with Crippen LogP contribution < -0.4 is 16.2 Å². The van der Waals surface area contributed by atoms with Crippen LogP contribution in [0.2, 0.25) is 5.02 Å². The number of nitrogens with zero attached hydrogens (tertiary/aromatic N) is 1. The van der Waals surface area contributed by atoms with Crippen molar-refractivity contribution in [1.82, 2.24) is 16.2 Å². The molecule has 7 nitrogen and oxygen atoms in total. The van der Waals surface area contributed by atoms with Gasteiger partial charge >= 0.3 is 0 Å². The Balaban J connectivity index is 2.68. The number of hydrazine groups is 1. The van der Waals surface area contributed by atoms with E-state index in [-0.39, 0.29) is 26.9 Å². The molecule has 0 heterocycles. The minimum Gasteiger partial charge on any atom is -0.357 e. The molecule has 0 bridgehead atoms. The maximum absolute atomic E-state index is 11.9. The van der Waals surface area contributed by atoms with Gasteiger partial charge in [0.25, 0.3) is 11.6 Å². The van der Waals surface area contributed by atoms with E-state index in [0.717, 1.165) is 6.07 Å². The van der Waals surface area contributed by atoms with E-state index in [1.165, 1.54) is 12.1 Å². The molecule has 0 saturated carbocycles. The van der Waals surface area contributed by atoms with Gasteiger partial charge in [0.1, 0.15) is 0 Å². The molecule has 0 aliphatic rings. The highest BCUT2D eigenvalue weighted by atomic mass is 35.5. The molecule has 1 amide bonds. The summed E-state index contributed by atoms with van der Waals surface area (Å²) in [7, 11) is 0. The lowest BCUT2D eigenvalue weighted by molar-refractivity contribution is -0.384. The summed E-state index contributed by atoms with van der Waals surface area (Å²) in [5, 5.41) is 13.8. The molecule has 1 rings (SSSR count). The third kappa shape index (κ3) is 5.52. The summed E-state index contributed by atoms with van der Waals surface area (Å²) in [5.74, 6) is -0.548. The summed E-state index contributed by atoms with van der Waals surface area (Å²) in [6, 6.07) is 3.59. The van der Waals surface area contributed by atoms with Crippen molar-refractivity contribution in [3.63, 3.8) is 0 Å². The quantitative estimate of drug-likeness (QED) is 0.437. The fraction of sp³-hybridized carbons (Fsp3) is 0.333. The molecule has 3 N–H and O–H groups in total. The topological polar surface area (TPSA) is 96.3 Å². The van der Waals surface area contributed by atoms with Crippen LogP contribution in [0.15, 0.2) is 18.2 Å². The lowest BCUT2D eigenvalue weighted by atomic mass is 10.1. The molecule has 0 unspecified atom stereocenters. The van der Waals surface area contributed by atoms with Crippen molar-refractivity contribution in [3.8, 4) is 0 Å². The number of hydrogen-bond acceptors (Lipinski definition) is 4. The van der Waals surface area contributed by atoms with E-state index >= 15 is 0 Å². The molecule has 0 radical (unpaired) electrons. The second-order valence-electron chi connectivity index (χ2n) is 5.20. The number of benzene rings is 1. The Morgan fingerprint density at radius 2 is 1.95 bits per heavy atom. The average molecular weight is 331 g/mol. The Morgan fingerprint density at radius 3 is 2.43 bits per heavy atom. The zero-order chi connectivity index (χ0) is 16.2. The number of amides is 1. The zero-order valence-electron chi connectivity index (χ0n) is 11.7. The number of nitrogens with one attached hydrogen (secondary N) is 3. The normalized spacial score (nSPS) is 10.7. The van der Waals surface area contributed by atoms with Gasteiger partial charge < -0.3 is 5.32 Å². The maximum Gasteiger partial charge on any atom is 0.271 e. The van der Waals surface area contributed by atoms with Gasteiger partial charge in [0.2, 0.25) is 0 Å². The second-order valence-corrected chi connectivity index (χ2v) is 6.02. The number of thiocarbonyl (C=S) groups is 1. The van der Waals surface area contributed by atoms with Gasteiger partial charge in [0.15, 0.2) is 5.11 Å². The molecule has 0 aromatic heterocycles. The van der Waals surface area contributed by atoms with Crippen LogP contribution in [-0.2, 0) is 0 Å². The number of carbonyl (C=O) groups excluding carboxylic acids is 1. The van der Waals surface area contributed by atoms with Crippen molar-refractivity contribution < 1.29 is 9.72 Å². The van der Waals surface area contributed by atoms with E-state index in [1.807, 2.05) is 20.8 Å². The van der Waals surface area contributed by atoms with Crippen molar-refractivity contribution in [2.24, 2.45) is 0 Å². The first-order valence-corrected chi connectivity index (χ1v) is 6.71. The van der Waals surface area contributed by atoms with E-state index < -0.39 is 10.8 Å². The minimum atomic E-state index is -0.589. The van der Waals surface area contributed by atoms with E-state index in [1.54, 1.807) is 0 Å². The lowest BCUT2D eigenvalue weighted by Crippen LogP contribution is -2.52. The van der Waals surface area contributed by atoms with Crippen LogP contribution in [0.1, 0.15) is 31.1 Å². The Kier molecular flexibility index (Phi) is 5.45. The van der Waals surface area contributed by atoms with Gasteiger partial charge in [-0.25, -0.2) is 0 Å². The van der Waals surface area contributed by atoms with Crippen LogP contribution in [0, 0.1) is 10.1 Å². The molecule has 0 atom stereocenters. The SMILES string of the molecule is CC(C)(C)NC(=S)NNC(=O)c1ccc([N+](=O)[O-])cc1Cl. The van der Waals surface area contributed by atoms with Crippen LogP contribution in [0.3, 0.4) is 0 Å². The molecular weight excluding hydrogens is 316 g/mol. The third-order valence-electron chi connectivity index (χ3n) is 2.19. The Bertz CT molecular complexity index is 586. The Labute approximate surface area is 132 Å². The fourth-order valence-corrected chi connectivity index (χ4v) is 1.97. The zero-order valence-corrected chi connectivity index (χ0v) is 13.3. The number of halogens is 1. The van der Waals surface area contributed by atoms with Gasteiger partial charge in [-0.1, -0.05) is 11.6 Å². The summed E-state index contributed by atoms with van der Waals surface area (Å²) < 4.78 is 0. The minimum absolute atomic E-state index is 0.0156. The van der Waals surface area contributed by atoms with Crippen LogP contribution in [0.4, 0.5) is 5.69 Å². The monoisotopic (exact) mass is 330 g/mol. The van der Waals surface area contributed by atoms with Crippen molar-refractivity contribution >= 4 is 40.5 Å². The van der Waals surface area contributed by atoms with E-state index in [4.69, 9.17) is 23.8 Å². The number of rotatable bonds is 2. The molecule has 0 aliphatic carbocycles. The molecule has 0 spiro atoms. The van der Waals surface area contributed by atoms with Gasteiger partial charge in [-0.05, 0) is 39.1 Å². The van der Waals surface area contributed by atoms with Crippen LogP contribution in [0.25, 0.3) is 0 Å². The van der Waals surface area contributed by atoms with E-state index in [9.17, 15) is 14.9 Å². The molecule has 1 aromatic rings. The standard InChI is InChI=1S/C12H15ClN4O3S/c1-12(2,3)14-11(21)16-15-10(18)8-5-4-7(17(19)20)6-9(8)13/h4-6H,1-3H3,(H,15,18)(H2,14,16,21). The molecule has 1 aromatic carbocycles. The molecular formula is C12H15ClN4O3S. The molecule has 0 aliphatic heterocycles. The van der Waals surface area contributed by atoms with Gasteiger partial charge in [-0.3, -0.25) is 25.8 Å². The summed E-state index contributed by atoms with van der Waals surface area (Å²) >= 11 is 10.8. The van der Waals surface area contributed by atoms with Gasteiger partial charge in [0, 0.05) is 17.7 Å². The summed E-state index contributed by atoms with van der Waals surface area (Å²) in [6.45, 7) is 5.74. The summed E-state index contributed by atoms with van der Waals surface area (Å²) in [4.78, 5) is 21.9. The lowest BCUT2D eigenvalue weighted by Gasteiger charge is -2.23. The largest absolute Gasteiger partial charge is 0.357 e. The van der Waals surface area contributed by atoms with Gasteiger partial charge in [0.05, 0.1) is 15.5 Å². The second kappa shape index (κ2) is 6.68. The number of non-ortho nitro benzene ring substituents is 1. The number of carbonyl (C=O) groups is 1. The molecule has 9 heteroatoms. The van der Waals surface area contributed by atoms with E-state index in [2.05, 4.69) is 16.2 Å². The molecule has 0 fully saturated rings. The molecule has 21 heavy (non-hydrogen) atoms. The highest BCUT2D eigenvalue weighted by Gasteiger charge is 2.16. The van der Waals surface area contributed by atoms with Crippen LogP contribution in [-0.4, -0.2) is 21.5 Å². The number of hydrogen-bond donors (Lipinski definition) is 3. The number of nitro benzene ring substituents is 1. The maximum atomic E-state index is 11.9. The summed E-state index contributed by atoms with van der Waals surface area (Å²) in [5.41, 5.74) is 4.56. The first kappa shape index (κ1) is 17.1. The highest BCUT2D eigenvalue weighted by Crippen LogP contribution is 2.22. The van der Waals surface area contributed by atoms with Crippen molar-refractivity contribution in [2.75, 3.05) is 0 Å². The average Bonchev–Trinajstić information content (AvgIpc) is 2.33. The van der Waals surface area contributed by atoms with Crippen molar-refractivity contribution in [1.29, 1.82) is 0 Å². The van der Waals surface area contributed by atoms with Crippen LogP contribution >= 0.6 is 23.8 Å². The first-order valence-electron chi connectivity index (χ1n) is 5.92. The van der Waals surface area contributed by atoms with Gasteiger partial charge in [-0.2, -0.15) is 0 Å². The van der Waals surface area contributed by atoms with E-state index in [0.29, 0.717) is 0 Å². The Morgan fingerprint density at radius 1 is 1.33 bits per heavy atom. The first-order chi connectivity index (χ1) is 9.60. The number of nitro groups is 1. The smallest absolute Gasteiger partial charge is 0.271 e.